The fourth-order valence-corrected chi connectivity index (χ4v) is 3.83. The quantitative estimate of drug-likeness (QED) is 0.469. The maximum atomic E-state index is 12.3. The molecular formula is C22H18N2O4S. The fraction of sp³-hybridized carbons (Fsp3) is 0.136. The van der Waals surface area contributed by atoms with Crippen LogP contribution in [0.2, 0.25) is 0 Å². The third-order valence-corrected chi connectivity index (χ3v) is 5.39. The molecule has 2 aromatic heterocycles. The van der Waals surface area contributed by atoms with Crippen molar-refractivity contribution < 1.29 is 18.7 Å². The number of benzene rings is 2. The summed E-state index contributed by atoms with van der Waals surface area (Å²) in [6.45, 7) is 3.57. The number of carbonyl (C=O) groups is 2. The van der Waals surface area contributed by atoms with Gasteiger partial charge in [0.05, 0.1) is 16.5 Å². The molecule has 4 aromatic rings. The van der Waals surface area contributed by atoms with Gasteiger partial charge in [-0.25, -0.2) is 9.78 Å². The Kier molecular flexibility index (Phi) is 5.14. The number of rotatable bonds is 5. The highest BCUT2D eigenvalue weighted by Gasteiger charge is 2.20. The Bertz CT molecular complexity index is 1160. The van der Waals surface area contributed by atoms with Crippen LogP contribution in [0.15, 0.2) is 65.3 Å². The van der Waals surface area contributed by atoms with E-state index in [0.717, 1.165) is 20.8 Å². The van der Waals surface area contributed by atoms with E-state index >= 15 is 0 Å². The first-order chi connectivity index (χ1) is 14.0. The number of nitrogens with zero attached hydrogens (tertiary/aromatic N) is 1. The molecule has 2 heterocycles. The number of aryl methyl sites for hydroxylation is 1. The molecule has 29 heavy (non-hydrogen) atoms. The Hall–Kier alpha value is -3.45. The summed E-state index contributed by atoms with van der Waals surface area (Å²) in [5, 5.41) is 3.66. The van der Waals surface area contributed by atoms with Crippen molar-refractivity contribution >= 4 is 39.1 Å². The van der Waals surface area contributed by atoms with Crippen molar-refractivity contribution in [3.8, 4) is 10.6 Å². The summed E-state index contributed by atoms with van der Waals surface area (Å²) >= 11 is 1.63. The van der Waals surface area contributed by atoms with Crippen molar-refractivity contribution in [1.82, 2.24) is 4.98 Å². The number of fused-ring (bicyclic) bond motifs is 1. The summed E-state index contributed by atoms with van der Waals surface area (Å²) in [5.41, 5.74) is 3.75. The number of carbonyl (C=O) groups excluding carboxylic acids is 2. The number of thiazole rings is 1. The molecule has 146 valence electrons. The van der Waals surface area contributed by atoms with E-state index in [1.54, 1.807) is 29.5 Å². The van der Waals surface area contributed by atoms with E-state index in [9.17, 15) is 9.59 Å². The monoisotopic (exact) mass is 406 g/mol. The minimum atomic E-state index is -0.959. The molecule has 1 N–H and O–H groups in total. The minimum Gasteiger partial charge on any atom is -0.457 e. The molecule has 0 radical (unpaired) electrons. The zero-order valence-electron chi connectivity index (χ0n) is 15.8. The van der Waals surface area contributed by atoms with Crippen LogP contribution in [0.25, 0.3) is 20.8 Å². The first-order valence-corrected chi connectivity index (χ1v) is 9.84. The number of amides is 1. The van der Waals surface area contributed by atoms with Crippen LogP contribution in [0.5, 0.6) is 0 Å². The lowest BCUT2D eigenvalue weighted by Gasteiger charge is -2.12. The molecule has 0 aliphatic carbocycles. The number of ether oxygens (including phenoxy) is 1. The maximum absolute atomic E-state index is 12.3. The van der Waals surface area contributed by atoms with Gasteiger partial charge in [-0.15, -0.1) is 11.3 Å². The summed E-state index contributed by atoms with van der Waals surface area (Å²) < 4.78 is 11.2. The summed E-state index contributed by atoms with van der Waals surface area (Å²) in [7, 11) is 0. The van der Waals surface area contributed by atoms with Crippen LogP contribution in [-0.2, 0) is 9.53 Å². The molecule has 4 rings (SSSR count). The van der Waals surface area contributed by atoms with Gasteiger partial charge in [0.1, 0.15) is 5.01 Å². The van der Waals surface area contributed by atoms with E-state index in [4.69, 9.17) is 9.15 Å². The Balaban J connectivity index is 1.42. The minimum absolute atomic E-state index is 0.0556. The van der Waals surface area contributed by atoms with Crippen molar-refractivity contribution in [2.45, 2.75) is 20.0 Å². The molecule has 6 nitrogen and oxygen atoms in total. The van der Waals surface area contributed by atoms with Crippen LogP contribution in [0, 0.1) is 6.92 Å². The molecular weight excluding hydrogens is 388 g/mol. The number of hydrogen-bond donors (Lipinski definition) is 1. The largest absolute Gasteiger partial charge is 0.457 e. The van der Waals surface area contributed by atoms with E-state index in [2.05, 4.69) is 23.3 Å². The van der Waals surface area contributed by atoms with Gasteiger partial charge in [-0.05, 0) is 67.9 Å². The second-order valence-corrected chi connectivity index (χ2v) is 7.61. The zero-order valence-corrected chi connectivity index (χ0v) is 16.7. The zero-order chi connectivity index (χ0) is 20.4. The number of furan rings is 1. The molecule has 0 bridgehead atoms. The molecule has 1 amide bonds. The van der Waals surface area contributed by atoms with Gasteiger partial charge in [0, 0.05) is 11.3 Å². The highest BCUT2D eigenvalue weighted by atomic mass is 32.1. The summed E-state index contributed by atoms with van der Waals surface area (Å²) in [6.07, 6.45) is 0.412. The average Bonchev–Trinajstić information content (AvgIpc) is 3.38. The Labute approximate surface area is 171 Å². The van der Waals surface area contributed by atoms with E-state index in [1.165, 1.54) is 24.8 Å². The van der Waals surface area contributed by atoms with Crippen molar-refractivity contribution in [3.05, 3.63) is 72.2 Å². The molecule has 0 spiro atoms. The van der Waals surface area contributed by atoms with Crippen molar-refractivity contribution in [2.75, 3.05) is 5.32 Å². The van der Waals surface area contributed by atoms with Gasteiger partial charge in [0.25, 0.3) is 5.91 Å². The predicted octanol–water partition coefficient (Wildman–Crippen LogP) is 5.05. The third kappa shape index (κ3) is 4.20. The summed E-state index contributed by atoms with van der Waals surface area (Å²) in [4.78, 5) is 28.8. The van der Waals surface area contributed by atoms with Gasteiger partial charge in [0.15, 0.2) is 6.10 Å². The number of aromatic nitrogens is 1. The van der Waals surface area contributed by atoms with E-state index in [-0.39, 0.29) is 5.76 Å². The van der Waals surface area contributed by atoms with Gasteiger partial charge < -0.3 is 14.5 Å². The van der Waals surface area contributed by atoms with Crippen LogP contribution in [0.1, 0.15) is 23.0 Å². The fourth-order valence-electron chi connectivity index (χ4n) is 2.76. The molecule has 7 heteroatoms. The van der Waals surface area contributed by atoms with Gasteiger partial charge in [-0.2, -0.15) is 0 Å². The number of anilines is 1. The Morgan fingerprint density at radius 3 is 2.66 bits per heavy atom. The van der Waals surface area contributed by atoms with Crippen LogP contribution < -0.4 is 5.32 Å². The molecule has 2 aromatic carbocycles. The smallest absolute Gasteiger partial charge is 0.374 e. The number of nitrogens with one attached hydrogen (secondary N) is 1. The molecule has 0 saturated heterocycles. The molecule has 0 aliphatic heterocycles. The topological polar surface area (TPSA) is 81.4 Å². The van der Waals surface area contributed by atoms with E-state index < -0.39 is 18.0 Å². The van der Waals surface area contributed by atoms with Gasteiger partial charge in [-0.1, -0.05) is 6.07 Å². The average molecular weight is 406 g/mol. The van der Waals surface area contributed by atoms with Crippen LogP contribution >= 0.6 is 11.3 Å². The normalized spacial score (nSPS) is 11.9. The SMILES string of the molecule is Cc1ccc2nc(-c3ccc(NC(=O)[C@H](C)OC(=O)c4ccco4)cc3)sc2c1. The highest BCUT2D eigenvalue weighted by molar-refractivity contribution is 7.21. The van der Waals surface area contributed by atoms with Crippen molar-refractivity contribution in [1.29, 1.82) is 0 Å². The lowest BCUT2D eigenvalue weighted by atomic mass is 10.2. The summed E-state index contributed by atoms with van der Waals surface area (Å²) in [6, 6.07) is 16.6. The first-order valence-electron chi connectivity index (χ1n) is 9.02. The van der Waals surface area contributed by atoms with Gasteiger partial charge in [-0.3, -0.25) is 4.79 Å². The molecule has 0 saturated carbocycles. The summed E-state index contributed by atoms with van der Waals surface area (Å²) in [5.74, 6) is -1.05. The molecule has 1 atom stereocenters. The number of hydrogen-bond acceptors (Lipinski definition) is 6. The van der Waals surface area contributed by atoms with E-state index in [1.807, 2.05) is 24.3 Å². The van der Waals surface area contributed by atoms with Crippen LogP contribution in [0.3, 0.4) is 0 Å². The van der Waals surface area contributed by atoms with Crippen LogP contribution in [-0.4, -0.2) is 23.0 Å². The molecule has 0 fully saturated rings. The van der Waals surface area contributed by atoms with Gasteiger partial charge >= 0.3 is 5.97 Å². The maximum Gasteiger partial charge on any atom is 0.374 e. The molecule has 0 aliphatic rings. The second kappa shape index (κ2) is 7.89. The predicted molar refractivity (Wildman–Crippen MR) is 112 cm³/mol. The Morgan fingerprint density at radius 1 is 1.14 bits per heavy atom. The Morgan fingerprint density at radius 2 is 1.93 bits per heavy atom. The highest BCUT2D eigenvalue weighted by Crippen LogP contribution is 2.31. The van der Waals surface area contributed by atoms with Crippen molar-refractivity contribution in [2.24, 2.45) is 0 Å². The molecule has 0 unspecified atom stereocenters. The van der Waals surface area contributed by atoms with Crippen LogP contribution in [0.4, 0.5) is 5.69 Å². The third-order valence-electron chi connectivity index (χ3n) is 4.32. The second-order valence-electron chi connectivity index (χ2n) is 6.58. The number of esters is 1. The lowest BCUT2D eigenvalue weighted by molar-refractivity contribution is -0.123. The first kappa shape index (κ1) is 18.9. The van der Waals surface area contributed by atoms with Gasteiger partial charge in [0.2, 0.25) is 5.76 Å². The van der Waals surface area contributed by atoms with E-state index in [0.29, 0.717) is 5.69 Å². The standard InChI is InChI=1S/C22H18N2O4S/c1-13-5-10-17-19(12-13)29-21(24-17)15-6-8-16(9-7-15)23-20(25)14(2)28-22(26)18-4-3-11-27-18/h3-12,14H,1-2H3,(H,23,25)/t14-/m0/s1. The van der Waals surface area contributed by atoms with Crippen molar-refractivity contribution in [3.63, 3.8) is 0 Å². The lowest BCUT2D eigenvalue weighted by Crippen LogP contribution is -2.29.